The molecule has 0 heterocycles. The molecule has 1 unspecified atom stereocenters. The Kier molecular flexibility index (Phi) is 5.37. The molecule has 4 heteroatoms. The molecule has 0 radical (unpaired) electrons. The molecule has 0 aliphatic carbocycles. The highest BCUT2D eigenvalue weighted by atomic mass is 79.9. The van der Waals surface area contributed by atoms with Crippen molar-refractivity contribution in [3.8, 4) is 5.75 Å². The average Bonchev–Trinajstić information content (AvgIpc) is 2.45. The maximum atomic E-state index is 14.0. The Bertz CT molecular complexity index is 630. The second-order valence-corrected chi connectivity index (χ2v) is 5.90. The highest BCUT2D eigenvalue weighted by Gasteiger charge is 2.15. The standard InChI is InChI=1S/C17H19BrFNO/c1-3-8-21-16-7-5-12(10-14(16)18)17(20)13-6-4-11(2)9-15(13)19/h4-7,9-10,17H,3,8,20H2,1-2H3. The van der Waals surface area contributed by atoms with E-state index in [1.807, 2.05) is 31.2 Å². The Morgan fingerprint density at radius 1 is 1.24 bits per heavy atom. The molecule has 0 aliphatic heterocycles. The molecule has 0 amide bonds. The van der Waals surface area contributed by atoms with Gasteiger partial charge >= 0.3 is 0 Å². The molecule has 21 heavy (non-hydrogen) atoms. The number of halogens is 2. The van der Waals surface area contributed by atoms with Gasteiger partial charge in [0.05, 0.1) is 17.1 Å². The zero-order valence-corrected chi connectivity index (χ0v) is 13.8. The van der Waals surface area contributed by atoms with E-state index in [0.29, 0.717) is 12.2 Å². The highest BCUT2D eigenvalue weighted by molar-refractivity contribution is 9.10. The molecule has 1 atom stereocenters. The van der Waals surface area contributed by atoms with E-state index in [0.717, 1.165) is 27.8 Å². The average molecular weight is 352 g/mol. The monoisotopic (exact) mass is 351 g/mol. The zero-order valence-electron chi connectivity index (χ0n) is 12.2. The minimum atomic E-state index is -0.498. The Balaban J connectivity index is 2.27. The molecular formula is C17H19BrFNO. The lowest BCUT2D eigenvalue weighted by atomic mass is 9.98. The van der Waals surface area contributed by atoms with Crippen LogP contribution in [0.3, 0.4) is 0 Å². The Morgan fingerprint density at radius 2 is 2.00 bits per heavy atom. The summed E-state index contributed by atoms with van der Waals surface area (Å²) in [5.41, 5.74) is 8.40. The van der Waals surface area contributed by atoms with Crippen molar-refractivity contribution in [3.63, 3.8) is 0 Å². The number of hydrogen-bond donors (Lipinski definition) is 1. The molecule has 0 spiro atoms. The highest BCUT2D eigenvalue weighted by Crippen LogP contribution is 2.30. The number of ether oxygens (including phenoxy) is 1. The smallest absolute Gasteiger partial charge is 0.133 e. The normalized spacial score (nSPS) is 12.2. The van der Waals surface area contributed by atoms with Crippen LogP contribution in [-0.2, 0) is 0 Å². The Labute approximate surface area is 133 Å². The van der Waals surface area contributed by atoms with Crippen molar-refractivity contribution in [3.05, 3.63) is 63.4 Å². The lowest BCUT2D eigenvalue weighted by molar-refractivity contribution is 0.315. The van der Waals surface area contributed by atoms with Crippen LogP contribution in [0.1, 0.15) is 36.1 Å². The van der Waals surface area contributed by atoms with E-state index in [4.69, 9.17) is 10.5 Å². The lowest BCUT2D eigenvalue weighted by Crippen LogP contribution is -2.14. The minimum Gasteiger partial charge on any atom is -0.492 e. The number of nitrogens with two attached hydrogens (primary N) is 1. The summed E-state index contributed by atoms with van der Waals surface area (Å²) in [6.45, 7) is 4.57. The second-order valence-electron chi connectivity index (χ2n) is 5.04. The first kappa shape index (κ1) is 16.0. The molecule has 0 aliphatic rings. The summed E-state index contributed by atoms with van der Waals surface area (Å²) in [4.78, 5) is 0. The van der Waals surface area contributed by atoms with Crippen molar-refractivity contribution < 1.29 is 9.13 Å². The first-order valence-electron chi connectivity index (χ1n) is 6.96. The van der Waals surface area contributed by atoms with Gasteiger partial charge < -0.3 is 10.5 Å². The van der Waals surface area contributed by atoms with Gasteiger partial charge in [-0.3, -0.25) is 0 Å². The summed E-state index contributed by atoms with van der Waals surface area (Å²) in [6, 6.07) is 10.2. The van der Waals surface area contributed by atoms with E-state index in [1.165, 1.54) is 6.07 Å². The molecule has 2 N–H and O–H groups in total. The molecule has 2 rings (SSSR count). The van der Waals surface area contributed by atoms with Gasteiger partial charge in [0.15, 0.2) is 0 Å². The van der Waals surface area contributed by atoms with E-state index in [2.05, 4.69) is 22.9 Å². The van der Waals surface area contributed by atoms with Crippen molar-refractivity contribution in [2.24, 2.45) is 5.73 Å². The fourth-order valence-electron chi connectivity index (χ4n) is 2.10. The van der Waals surface area contributed by atoms with E-state index in [-0.39, 0.29) is 5.82 Å². The van der Waals surface area contributed by atoms with Crippen molar-refractivity contribution in [2.45, 2.75) is 26.3 Å². The Morgan fingerprint density at radius 3 is 2.62 bits per heavy atom. The molecule has 112 valence electrons. The van der Waals surface area contributed by atoms with Crippen molar-refractivity contribution in [2.75, 3.05) is 6.61 Å². The summed E-state index contributed by atoms with van der Waals surface area (Å²) < 4.78 is 20.5. The molecule has 2 aromatic carbocycles. The molecule has 2 nitrogen and oxygen atoms in total. The summed E-state index contributed by atoms with van der Waals surface area (Å²) in [5.74, 6) is 0.502. The number of aryl methyl sites for hydroxylation is 1. The van der Waals surface area contributed by atoms with Crippen LogP contribution in [0.15, 0.2) is 40.9 Å². The first-order chi connectivity index (χ1) is 10.0. The number of benzene rings is 2. The largest absolute Gasteiger partial charge is 0.492 e. The van der Waals surface area contributed by atoms with E-state index in [1.54, 1.807) is 6.07 Å². The van der Waals surface area contributed by atoms with Crippen LogP contribution in [0, 0.1) is 12.7 Å². The third-order valence-electron chi connectivity index (χ3n) is 3.27. The van der Waals surface area contributed by atoms with Gasteiger partial charge in [-0.05, 0) is 58.6 Å². The second kappa shape index (κ2) is 7.05. The zero-order chi connectivity index (χ0) is 15.4. The predicted molar refractivity (Wildman–Crippen MR) is 87.1 cm³/mol. The van der Waals surface area contributed by atoms with Gasteiger partial charge in [-0.25, -0.2) is 4.39 Å². The van der Waals surface area contributed by atoms with Crippen LogP contribution < -0.4 is 10.5 Å². The molecular weight excluding hydrogens is 333 g/mol. The van der Waals surface area contributed by atoms with E-state index < -0.39 is 6.04 Å². The molecule has 0 bridgehead atoms. The van der Waals surface area contributed by atoms with Gasteiger partial charge in [0.25, 0.3) is 0 Å². The maximum Gasteiger partial charge on any atom is 0.133 e. The number of hydrogen-bond acceptors (Lipinski definition) is 2. The maximum absolute atomic E-state index is 14.0. The van der Waals surface area contributed by atoms with Crippen LogP contribution >= 0.6 is 15.9 Å². The minimum absolute atomic E-state index is 0.273. The van der Waals surface area contributed by atoms with Gasteiger partial charge in [0, 0.05) is 5.56 Å². The van der Waals surface area contributed by atoms with Gasteiger partial charge in [0.2, 0.25) is 0 Å². The third kappa shape index (κ3) is 3.83. The van der Waals surface area contributed by atoms with Crippen molar-refractivity contribution >= 4 is 15.9 Å². The van der Waals surface area contributed by atoms with Crippen LogP contribution in [0.4, 0.5) is 4.39 Å². The fourth-order valence-corrected chi connectivity index (χ4v) is 2.61. The van der Waals surface area contributed by atoms with Gasteiger partial charge in [-0.15, -0.1) is 0 Å². The fraction of sp³-hybridized carbons (Fsp3) is 0.294. The summed E-state index contributed by atoms with van der Waals surface area (Å²) in [5, 5.41) is 0. The lowest BCUT2D eigenvalue weighted by Gasteiger charge is -2.16. The molecule has 0 fully saturated rings. The predicted octanol–water partition coefficient (Wildman–Crippen LogP) is 4.73. The van der Waals surface area contributed by atoms with Crippen LogP contribution in [0.2, 0.25) is 0 Å². The number of rotatable bonds is 5. The summed E-state index contributed by atoms with van der Waals surface area (Å²) in [7, 11) is 0. The SMILES string of the molecule is CCCOc1ccc(C(N)c2ccc(C)cc2F)cc1Br. The van der Waals surface area contributed by atoms with Crippen LogP contribution in [-0.4, -0.2) is 6.61 Å². The van der Waals surface area contributed by atoms with Crippen LogP contribution in [0.5, 0.6) is 5.75 Å². The van der Waals surface area contributed by atoms with Crippen molar-refractivity contribution in [1.29, 1.82) is 0 Å². The Hall–Kier alpha value is -1.39. The van der Waals surface area contributed by atoms with Crippen molar-refractivity contribution in [1.82, 2.24) is 0 Å². The quantitative estimate of drug-likeness (QED) is 0.844. The van der Waals surface area contributed by atoms with Gasteiger partial charge in [-0.1, -0.05) is 25.1 Å². The topological polar surface area (TPSA) is 35.2 Å². The third-order valence-corrected chi connectivity index (χ3v) is 3.89. The molecule has 0 saturated heterocycles. The molecule has 2 aromatic rings. The molecule has 0 saturated carbocycles. The van der Waals surface area contributed by atoms with Gasteiger partial charge in [0.1, 0.15) is 11.6 Å². The van der Waals surface area contributed by atoms with Crippen LogP contribution in [0.25, 0.3) is 0 Å². The summed E-state index contributed by atoms with van der Waals surface area (Å²) >= 11 is 3.47. The van der Waals surface area contributed by atoms with E-state index in [9.17, 15) is 4.39 Å². The molecule has 0 aromatic heterocycles. The first-order valence-corrected chi connectivity index (χ1v) is 7.76. The summed E-state index contributed by atoms with van der Waals surface area (Å²) in [6.07, 6.45) is 0.947. The van der Waals surface area contributed by atoms with Gasteiger partial charge in [-0.2, -0.15) is 0 Å². The van der Waals surface area contributed by atoms with E-state index >= 15 is 0 Å².